The molecule has 0 amide bonds. The van der Waals surface area contributed by atoms with Crippen molar-refractivity contribution in [2.75, 3.05) is 0 Å². The largest absolute Gasteiger partial charge is 0.313 e. The molecule has 0 N–H and O–H groups in total. The lowest BCUT2D eigenvalue weighted by atomic mass is 10.2. The highest BCUT2D eigenvalue weighted by Gasteiger charge is 2.27. The Bertz CT molecular complexity index is 756. The third kappa shape index (κ3) is 3.16. The standard InChI is InChI=1S/C19H16ClOP/c20-17-9-7-8-16(14-17)15-22(21,18-10-3-1-4-11-18)19-12-5-2-6-13-19/h1-14H,15H2. The molecule has 0 aliphatic rings. The maximum absolute atomic E-state index is 13.9. The van der Waals surface area contributed by atoms with Crippen LogP contribution in [0.3, 0.4) is 0 Å². The average Bonchev–Trinajstić information content (AvgIpc) is 2.56. The molecule has 0 unspecified atom stereocenters. The Labute approximate surface area is 136 Å². The molecule has 22 heavy (non-hydrogen) atoms. The minimum absolute atomic E-state index is 0.474. The quantitative estimate of drug-likeness (QED) is 0.626. The zero-order chi connectivity index (χ0) is 15.4. The zero-order valence-electron chi connectivity index (χ0n) is 12.0. The maximum Gasteiger partial charge on any atom is 0.147 e. The van der Waals surface area contributed by atoms with Crippen LogP contribution in [0.2, 0.25) is 5.02 Å². The summed E-state index contributed by atoms with van der Waals surface area (Å²) in [7, 11) is -2.72. The molecule has 0 atom stereocenters. The Kier molecular flexibility index (Phi) is 4.47. The van der Waals surface area contributed by atoms with Gasteiger partial charge in [0.2, 0.25) is 0 Å². The lowest BCUT2D eigenvalue weighted by molar-refractivity contribution is 0.586. The molecule has 3 aromatic rings. The van der Waals surface area contributed by atoms with E-state index in [4.69, 9.17) is 11.6 Å². The first-order valence-corrected chi connectivity index (χ1v) is 9.40. The van der Waals surface area contributed by atoms with E-state index in [-0.39, 0.29) is 0 Å². The lowest BCUT2D eigenvalue weighted by Gasteiger charge is -2.19. The van der Waals surface area contributed by atoms with E-state index in [1.165, 1.54) is 0 Å². The summed E-state index contributed by atoms with van der Waals surface area (Å²) in [6, 6.07) is 27.0. The van der Waals surface area contributed by atoms with Crippen molar-refractivity contribution in [1.29, 1.82) is 0 Å². The molecule has 0 heterocycles. The van der Waals surface area contributed by atoms with Crippen molar-refractivity contribution in [1.82, 2.24) is 0 Å². The highest BCUT2D eigenvalue weighted by atomic mass is 35.5. The van der Waals surface area contributed by atoms with Crippen molar-refractivity contribution in [3.63, 3.8) is 0 Å². The summed E-state index contributed by atoms with van der Waals surface area (Å²) in [5, 5.41) is 2.42. The van der Waals surface area contributed by atoms with E-state index in [1.807, 2.05) is 84.9 Å². The molecule has 0 aromatic heterocycles. The summed E-state index contributed by atoms with van der Waals surface area (Å²) in [4.78, 5) is 0. The van der Waals surface area contributed by atoms with E-state index in [1.54, 1.807) is 0 Å². The molecular weight excluding hydrogens is 311 g/mol. The molecule has 0 saturated carbocycles. The van der Waals surface area contributed by atoms with Gasteiger partial charge in [0.25, 0.3) is 0 Å². The van der Waals surface area contributed by atoms with Crippen molar-refractivity contribution >= 4 is 29.4 Å². The molecule has 3 rings (SSSR count). The Balaban J connectivity index is 2.10. The predicted octanol–water partition coefficient (Wildman–Crippen LogP) is 4.85. The fourth-order valence-corrected chi connectivity index (χ4v) is 5.46. The van der Waals surface area contributed by atoms with Gasteiger partial charge in [-0.3, -0.25) is 0 Å². The van der Waals surface area contributed by atoms with Crippen molar-refractivity contribution in [3.05, 3.63) is 95.5 Å². The molecule has 3 aromatic carbocycles. The van der Waals surface area contributed by atoms with Crippen molar-refractivity contribution in [2.24, 2.45) is 0 Å². The van der Waals surface area contributed by atoms with E-state index in [9.17, 15) is 4.57 Å². The smallest absolute Gasteiger partial charge is 0.147 e. The normalized spacial score (nSPS) is 11.3. The van der Waals surface area contributed by atoms with Crippen LogP contribution < -0.4 is 10.6 Å². The summed E-state index contributed by atoms with van der Waals surface area (Å²) in [6.45, 7) is 0. The van der Waals surface area contributed by atoms with Gasteiger partial charge in [-0.1, -0.05) is 84.4 Å². The van der Waals surface area contributed by atoms with Crippen LogP contribution in [-0.2, 0) is 10.7 Å². The van der Waals surface area contributed by atoms with Crippen LogP contribution in [0.25, 0.3) is 0 Å². The molecule has 0 radical (unpaired) electrons. The monoisotopic (exact) mass is 326 g/mol. The third-order valence-corrected chi connectivity index (χ3v) is 6.95. The second-order valence-electron chi connectivity index (χ2n) is 5.20. The van der Waals surface area contributed by atoms with E-state index in [0.717, 1.165) is 16.2 Å². The summed E-state index contributed by atoms with van der Waals surface area (Å²) in [5.74, 6) is 0. The molecule has 0 aliphatic carbocycles. The van der Waals surface area contributed by atoms with E-state index in [0.29, 0.717) is 11.2 Å². The molecular formula is C19H16ClOP. The van der Waals surface area contributed by atoms with Crippen LogP contribution in [0.1, 0.15) is 5.56 Å². The van der Waals surface area contributed by atoms with Crippen LogP contribution in [0.4, 0.5) is 0 Å². The van der Waals surface area contributed by atoms with Gasteiger partial charge in [0.1, 0.15) is 7.14 Å². The molecule has 0 spiro atoms. The van der Waals surface area contributed by atoms with Crippen LogP contribution in [0.15, 0.2) is 84.9 Å². The summed E-state index contributed by atoms with van der Waals surface area (Å²) >= 11 is 6.08. The van der Waals surface area contributed by atoms with Gasteiger partial charge in [-0.25, -0.2) is 0 Å². The topological polar surface area (TPSA) is 17.1 Å². The number of halogens is 1. The fourth-order valence-electron chi connectivity index (χ4n) is 2.56. The van der Waals surface area contributed by atoms with Crippen LogP contribution in [0, 0.1) is 0 Å². The molecule has 110 valence electrons. The van der Waals surface area contributed by atoms with Crippen LogP contribution >= 0.6 is 18.7 Å². The third-order valence-electron chi connectivity index (χ3n) is 3.64. The molecule has 0 aliphatic heterocycles. The Morgan fingerprint density at radius 3 is 1.77 bits per heavy atom. The van der Waals surface area contributed by atoms with Gasteiger partial charge in [0.15, 0.2) is 0 Å². The van der Waals surface area contributed by atoms with Crippen molar-refractivity contribution in [2.45, 2.75) is 6.16 Å². The second-order valence-corrected chi connectivity index (χ2v) is 8.46. The first-order chi connectivity index (χ1) is 10.7. The number of hydrogen-bond acceptors (Lipinski definition) is 1. The van der Waals surface area contributed by atoms with Gasteiger partial charge >= 0.3 is 0 Å². The van der Waals surface area contributed by atoms with E-state index in [2.05, 4.69) is 0 Å². The van der Waals surface area contributed by atoms with Gasteiger partial charge in [0, 0.05) is 21.8 Å². The van der Waals surface area contributed by atoms with Gasteiger partial charge in [-0.15, -0.1) is 0 Å². The average molecular weight is 327 g/mol. The first kappa shape index (κ1) is 15.1. The Hall–Kier alpha value is -1.82. The molecule has 0 saturated heterocycles. The van der Waals surface area contributed by atoms with Gasteiger partial charge in [-0.05, 0) is 17.7 Å². The molecule has 0 fully saturated rings. The number of benzene rings is 3. The molecule has 0 bridgehead atoms. The number of hydrogen-bond donors (Lipinski definition) is 0. The highest BCUT2D eigenvalue weighted by molar-refractivity contribution is 7.78. The Morgan fingerprint density at radius 2 is 1.27 bits per heavy atom. The van der Waals surface area contributed by atoms with E-state index < -0.39 is 7.14 Å². The maximum atomic E-state index is 13.9. The van der Waals surface area contributed by atoms with E-state index >= 15 is 0 Å². The van der Waals surface area contributed by atoms with Gasteiger partial charge in [-0.2, -0.15) is 0 Å². The van der Waals surface area contributed by atoms with Gasteiger partial charge < -0.3 is 4.57 Å². The fraction of sp³-hybridized carbons (Fsp3) is 0.0526. The molecule has 3 heteroatoms. The number of rotatable bonds is 4. The van der Waals surface area contributed by atoms with Crippen molar-refractivity contribution in [3.8, 4) is 0 Å². The molecule has 1 nitrogen and oxygen atoms in total. The summed E-state index contributed by atoms with van der Waals surface area (Å²) in [6.07, 6.45) is 0.474. The Morgan fingerprint density at radius 1 is 0.727 bits per heavy atom. The first-order valence-electron chi connectivity index (χ1n) is 7.13. The summed E-state index contributed by atoms with van der Waals surface area (Å²) in [5.41, 5.74) is 0.989. The summed E-state index contributed by atoms with van der Waals surface area (Å²) < 4.78 is 13.9. The predicted molar refractivity (Wildman–Crippen MR) is 94.9 cm³/mol. The lowest BCUT2D eigenvalue weighted by Crippen LogP contribution is -2.17. The van der Waals surface area contributed by atoms with Crippen molar-refractivity contribution < 1.29 is 4.57 Å². The highest BCUT2D eigenvalue weighted by Crippen LogP contribution is 2.46. The zero-order valence-corrected chi connectivity index (χ0v) is 13.7. The van der Waals surface area contributed by atoms with Crippen LogP contribution in [0.5, 0.6) is 0 Å². The second kappa shape index (κ2) is 6.52. The van der Waals surface area contributed by atoms with Crippen LogP contribution in [-0.4, -0.2) is 0 Å². The minimum atomic E-state index is -2.72. The SMILES string of the molecule is O=P(Cc1cccc(Cl)c1)(c1ccccc1)c1ccccc1. The minimum Gasteiger partial charge on any atom is -0.313 e. The van der Waals surface area contributed by atoms with Gasteiger partial charge in [0.05, 0.1) is 0 Å².